The van der Waals surface area contributed by atoms with Crippen LogP contribution in [0.3, 0.4) is 0 Å². The van der Waals surface area contributed by atoms with E-state index in [4.69, 9.17) is 11.6 Å². The molecule has 2 aromatic rings. The Morgan fingerprint density at radius 2 is 1.57 bits per heavy atom. The van der Waals surface area contributed by atoms with E-state index in [1.807, 2.05) is 12.1 Å². The second kappa shape index (κ2) is 7.68. The Kier molecular flexibility index (Phi) is 5.39. The van der Waals surface area contributed by atoms with Gasteiger partial charge in [0.05, 0.1) is 6.04 Å². The van der Waals surface area contributed by atoms with E-state index in [1.165, 1.54) is 30.4 Å². The number of benzene rings is 2. The molecule has 3 rings (SSSR count). The first-order valence-corrected chi connectivity index (χ1v) is 8.68. The van der Waals surface area contributed by atoms with Crippen LogP contribution in [0.1, 0.15) is 42.0 Å². The Hall–Kier alpha value is -1.75. The first kappa shape index (κ1) is 16.1. The molecule has 1 aliphatic rings. The summed E-state index contributed by atoms with van der Waals surface area (Å²) in [5.74, 6) is 6.85. The largest absolute Gasteiger partial charge is 0.286 e. The molecular weight excluding hydrogens is 302 g/mol. The lowest BCUT2D eigenvalue weighted by Crippen LogP contribution is -2.33. The third-order valence-corrected chi connectivity index (χ3v) is 4.60. The van der Waals surface area contributed by atoms with Crippen molar-refractivity contribution in [3.8, 4) is 11.8 Å². The Balaban J connectivity index is 1.88. The molecule has 1 aliphatic heterocycles. The number of piperidine rings is 1. The SMILES string of the molecule is Cc1ccc(C#CC(c2ccc(Cl)cc2)N2CCCCC2)cc1. The van der Waals surface area contributed by atoms with Gasteiger partial charge in [0.2, 0.25) is 0 Å². The van der Waals surface area contributed by atoms with Crippen LogP contribution in [-0.2, 0) is 0 Å². The fourth-order valence-corrected chi connectivity index (χ4v) is 3.12. The summed E-state index contributed by atoms with van der Waals surface area (Å²) in [6.45, 7) is 4.34. The summed E-state index contributed by atoms with van der Waals surface area (Å²) in [5.41, 5.74) is 3.57. The van der Waals surface area contributed by atoms with Crippen molar-refractivity contribution in [1.82, 2.24) is 4.90 Å². The number of aryl methyl sites for hydroxylation is 1. The lowest BCUT2D eigenvalue weighted by atomic mass is 10.0. The summed E-state index contributed by atoms with van der Waals surface area (Å²) in [6.07, 6.45) is 3.85. The van der Waals surface area contributed by atoms with Crippen LogP contribution in [0.4, 0.5) is 0 Å². The summed E-state index contributed by atoms with van der Waals surface area (Å²) < 4.78 is 0. The zero-order chi connectivity index (χ0) is 16.1. The summed E-state index contributed by atoms with van der Waals surface area (Å²) in [5, 5.41) is 0.776. The molecule has 1 heterocycles. The quantitative estimate of drug-likeness (QED) is 0.684. The van der Waals surface area contributed by atoms with Crippen LogP contribution < -0.4 is 0 Å². The summed E-state index contributed by atoms with van der Waals surface area (Å²) >= 11 is 6.04. The molecule has 1 fully saturated rings. The van der Waals surface area contributed by atoms with Crippen molar-refractivity contribution in [2.45, 2.75) is 32.2 Å². The van der Waals surface area contributed by atoms with E-state index in [-0.39, 0.29) is 6.04 Å². The van der Waals surface area contributed by atoms with E-state index >= 15 is 0 Å². The molecule has 1 saturated heterocycles. The highest BCUT2D eigenvalue weighted by atomic mass is 35.5. The van der Waals surface area contributed by atoms with Crippen molar-refractivity contribution in [1.29, 1.82) is 0 Å². The van der Waals surface area contributed by atoms with E-state index in [1.54, 1.807) is 0 Å². The number of halogens is 1. The summed E-state index contributed by atoms with van der Waals surface area (Å²) in [7, 11) is 0. The Bertz CT molecular complexity index is 685. The molecule has 0 N–H and O–H groups in total. The smallest absolute Gasteiger partial charge is 0.0974 e. The van der Waals surface area contributed by atoms with Gasteiger partial charge in [0.25, 0.3) is 0 Å². The molecule has 0 aromatic heterocycles. The minimum absolute atomic E-state index is 0.147. The van der Waals surface area contributed by atoms with Crippen LogP contribution >= 0.6 is 11.6 Å². The summed E-state index contributed by atoms with van der Waals surface area (Å²) in [4.78, 5) is 2.49. The lowest BCUT2D eigenvalue weighted by Gasteiger charge is -2.31. The lowest BCUT2D eigenvalue weighted by molar-refractivity contribution is 0.197. The Morgan fingerprint density at radius 1 is 0.913 bits per heavy atom. The van der Waals surface area contributed by atoms with Crippen LogP contribution in [0.25, 0.3) is 0 Å². The predicted octanol–water partition coefficient (Wildman–Crippen LogP) is 5.23. The van der Waals surface area contributed by atoms with Crippen molar-refractivity contribution >= 4 is 11.6 Å². The van der Waals surface area contributed by atoms with Crippen LogP contribution in [0.15, 0.2) is 48.5 Å². The highest BCUT2D eigenvalue weighted by Gasteiger charge is 2.20. The Morgan fingerprint density at radius 3 is 2.22 bits per heavy atom. The third kappa shape index (κ3) is 4.38. The van der Waals surface area contributed by atoms with Gasteiger partial charge in [-0.05, 0) is 62.7 Å². The van der Waals surface area contributed by atoms with Gasteiger partial charge in [-0.15, -0.1) is 0 Å². The van der Waals surface area contributed by atoms with Crippen molar-refractivity contribution in [3.63, 3.8) is 0 Å². The molecule has 2 aromatic carbocycles. The van der Waals surface area contributed by atoms with Gasteiger partial charge in [-0.3, -0.25) is 4.90 Å². The van der Waals surface area contributed by atoms with Crippen LogP contribution in [-0.4, -0.2) is 18.0 Å². The van der Waals surface area contributed by atoms with Gasteiger partial charge >= 0.3 is 0 Å². The monoisotopic (exact) mass is 323 g/mol. The molecular formula is C21H22ClN. The molecule has 1 nitrogen and oxygen atoms in total. The maximum atomic E-state index is 6.04. The standard InChI is InChI=1S/C21H22ClN/c1-17-5-7-18(8-6-17)9-14-21(23-15-3-2-4-16-23)19-10-12-20(22)13-11-19/h5-8,10-13,21H,2-4,15-16H2,1H3. The van der Waals surface area contributed by atoms with Gasteiger partial charge in [0.15, 0.2) is 0 Å². The van der Waals surface area contributed by atoms with Gasteiger partial charge < -0.3 is 0 Å². The average molecular weight is 324 g/mol. The Labute approximate surface area is 144 Å². The minimum Gasteiger partial charge on any atom is -0.286 e. The molecule has 0 radical (unpaired) electrons. The molecule has 0 amide bonds. The molecule has 1 unspecified atom stereocenters. The average Bonchev–Trinajstić information content (AvgIpc) is 2.59. The highest BCUT2D eigenvalue weighted by Crippen LogP contribution is 2.25. The second-order valence-corrected chi connectivity index (χ2v) is 6.62. The number of likely N-dealkylation sites (tertiary alicyclic amines) is 1. The minimum atomic E-state index is 0.147. The number of rotatable bonds is 2. The van der Waals surface area contributed by atoms with Crippen LogP contribution in [0.2, 0.25) is 5.02 Å². The number of hydrogen-bond acceptors (Lipinski definition) is 1. The first-order valence-electron chi connectivity index (χ1n) is 8.30. The third-order valence-electron chi connectivity index (χ3n) is 4.35. The fraction of sp³-hybridized carbons (Fsp3) is 0.333. The number of nitrogens with zero attached hydrogens (tertiary/aromatic N) is 1. The van der Waals surface area contributed by atoms with Crippen molar-refractivity contribution in [2.24, 2.45) is 0 Å². The molecule has 0 aliphatic carbocycles. The van der Waals surface area contributed by atoms with Gasteiger partial charge in [0.1, 0.15) is 0 Å². The van der Waals surface area contributed by atoms with Gasteiger partial charge in [-0.2, -0.15) is 0 Å². The maximum absolute atomic E-state index is 6.04. The van der Waals surface area contributed by atoms with E-state index in [0.29, 0.717) is 0 Å². The molecule has 0 bridgehead atoms. The molecule has 23 heavy (non-hydrogen) atoms. The number of hydrogen-bond donors (Lipinski definition) is 0. The van der Waals surface area contributed by atoms with Crippen molar-refractivity contribution < 1.29 is 0 Å². The van der Waals surface area contributed by atoms with Crippen molar-refractivity contribution in [3.05, 3.63) is 70.2 Å². The maximum Gasteiger partial charge on any atom is 0.0974 e. The zero-order valence-electron chi connectivity index (χ0n) is 13.6. The zero-order valence-corrected chi connectivity index (χ0v) is 14.3. The summed E-state index contributed by atoms with van der Waals surface area (Å²) in [6, 6.07) is 16.7. The molecule has 118 valence electrons. The van der Waals surface area contributed by atoms with E-state index in [9.17, 15) is 0 Å². The van der Waals surface area contributed by atoms with Crippen LogP contribution in [0.5, 0.6) is 0 Å². The van der Waals surface area contributed by atoms with E-state index in [0.717, 1.165) is 23.7 Å². The highest BCUT2D eigenvalue weighted by molar-refractivity contribution is 6.30. The fourth-order valence-electron chi connectivity index (χ4n) is 3.00. The predicted molar refractivity (Wildman–Crippen MR) is 97.7 cm³/mol. The molecule has 0 spiro atoms. The molecule has 2 heteroatoms. The van der Waals surface area contributed by atoms with Crippen molar-refractivity contribution in [2.75, 3.05) is 13.1 Å². The first-order chi connectivity index (χ1) is 11.2. The molecule has 1 atom stereocenters. The van der Waals surface area contributed by atoms with E-state index in [2.05, 4.69) is 60.1 Å². The molecule has 0 saturated carbocycles. The van der Waals surface area contributed by atoms with Gasteiger partial charge in [-0.25, -0.2) is 0 Å². The normalized spacial score (nSPS) is 16.4. The second-order valence-electron chi connectivity index (χ2n) is 6.19. The van der Waals surface area contributed by atoms with E-state index < -0.39 is 0 Å². The van der Waals surface area contributed by atoms with Gasteiger partial charge in [0, 0.05) is 10.6 Å². The van der Waals surface area contributed by atoms with Crippen LogP contribution in [0, 0.1) is 18.8 Å². The topological polar surface area (TPSA) is 3.24 Å². The van der Waals surface area contributed by atoms with Gasteiger partial charge in [-0.1, -0.05) is 59.7 Å².